The summed E-state index contributed by atoms with van der Waals surface area (Å²) in [5, 5.41) is 0. The van der Waals surface area contributed by atoms with Crippen LogP contribution in [0.2, 0.25) is 0 Å². The molecule has 6 heteroatoms. The summed E-state index contributed by atoms with van der Waals surface area (Å²) in [7, 11) is -3.67. The summed E-state index contributed by atoms with van der Waals surface area (Å²) in [5.74, 6) is -0.423. The van der Waals surface area contributed by atoms with Crippen molar-refractivity contribution in [2.24, 2.45) is 0 Å². The molecular formula is C24H29NO4S. The van der Waals surface area contributed by atoms with Gasteiger partial charge in [-0.1, -0.05) is 30.7 Å². The quantitative estimate of drug-likeness (QED) is 0.510. The van der Waals surface area contributed by atoms with Gasteiger partial charge in [-0.3, -0.25) is 4.31 Å². The number of aryl methyl sites for hydroxylation is 2. The molecule has 0 bridgehead atoms. The summed E-state index contributed by atoms with van der Waals surface area (Å²) in [6, 6.07) is 10.6. The van der Waals surface area contributed by atoms with Crippen molar-refractivity contribution in [3.8, 4) is 0 Å². The topological polar surface area (TPSA) is 63.7 Å². The molecule has 0 saturated heterocycles. The van der Waals surface area contributed by atoms with Gasteiger partial charge in [0.05, 0.1) is 10.6 Å². The first-order chi connectivity index (χ1) is 13.9. The molecule has 0 saturated carbocycles. The first-order valence-electron chi connectivity index (χ1n) is 10.0. The van der Waals surface area contributed by atoms with Crippen LogP contribution in [0.5, 0.6) is 0 Å². The van der Waals surface area contributed by atoms with Crippen molar-refractivity contribution in [2.45, 2.75) is 58.0 Å². The zero-order chi connectivity index (χ0) is 22.3. The van der Waals surface area contributed by atoms with Gasteiger partial charge in [0.2, 0.25) is 0 Å². The van der Waals surface area contributed by atoms with Crippen LogP contribution in [0.3, 0.4) is 0 Å². The Morgan fingerprint density at radius 1 is 1.10 bits per heavy atom. The van der Waals surface area contributed by atoms with Crippen LogP contribution < -0.4 is 4.31 Å². The van der Waals surface area contributed by atoms with Gasteiger partial charge in [0.15, 0.2) is 0 Å². The third-order valence-electron chi connectivity index (χ3n) is 5.09. The summed E-state index contributed by atoms with van der Waals surface area (Å²) in [5.41, 5.74) is 3.89. The lowest BCUT2D eigenvalue weighted by Crippen LogP contribution is -2.29. The monoisotopic (exact) mass is 427 g/mol. The molecule has 160 valence electrons. The molecule has 0 spiro atoms. The van der Waals surface area contributed by atoms with Gasteiger partial charge in [0.25, 0.3) is 10.0 Å². The number of nitrogens with zero attached hydrogens (tertiary/aromatic N) is 1. The fourth-order valence-electron chi connectivity index (χ4n) is 3.68. The van der Waals surface area contributed by atoms with Gasteiger partial charge >= 0.3 is 5.97 Å². The number of anilines is 1. The predicted molar refractivity (Wildman–Crippen MR) is 120 cm³/mol. The van der Waals surface area contributed by atoms with Crippen LogP contribution in [-0.4, -0.2) is 26.5 Å². The molecule has 1 heterocycles. The van der Waals surface area contributed by atoms with E-state index in [1.807, 2.05) is 53.7 Å². The van der Waals surface area contributed by atoms with Crippen LogP contribution >= 0.6 is 0 Å². The van der Waals surface area contributed by atoms with Crippen molar-refractivity contribution < 1.29 is 17.9 Å². The predicted octanol–water partition coefficient (Wildman–Crippen LogP) is 4.97. The molecule has 0 aliphatic carbocycles. The van der Waals surface area contributed by atoms with Crippen LogP contribution in [0.4, 0.5) is 5.69 Å². The number of carbonyl (C=O) groups excluding carboxylic acids is 1. The Morgan fingerprint density at radius 2 is 1.73 bits per heavy atom. The number of fused-ring (bicyclic) bond motifs is 1. The van der Waals surface area contributed by atoms with Crippen molar-refractivity contribution >= 4 is 27.8 Å². The number of benzene rings is 2. The van der Waals surface area contributed by atoms with Crippen molar-refractivity contribution in [2.75, 3.05) is 10.8 Å². The first kappa shape index (κ1) is 22.1. The van der Waals surface area contributed by atoms with E-state index in [4.69, 9.17) is 4.74 Å². The van der Waals surface area contributed by atoms with E-state index in [2.05, 4.69) is 0 Å². The van der Waals surface area contributed by atoms with E-state index < -0.39 is 21.6 Å². The average molecular weight is 428 g/mol. The van der Waals surface area contributed by atoms with Crippen molar-refractivity contribution in [3.05, 3.63) is 64.7 Å². The Kier molecular flexibility index (Phi) is 5.83. The second kappa shape index (κ2) is 7.91. The van der Waals surface area contributed by atoms with Crippen molar-refractivity contribution in [3.63, 3.8) is 0 Å². The average Bonchev–Trinajstić information content (AvgIpc) is 2.97. The smallest absolute Gasteiger partial charge is 0.331 e. The molecule has 1 aliphatic heterocycles. The fourth-order valence-corrected chi connectivity index (χ4v) is 5.25. The van der Waals surface area contributed by atoms with E-state index in [0.29, 0.717) is 12.2 Å². The molecule has 30 heavy (non-hydrogen) atoms. The summed E-state index contributed by atoms with van der Waals surface area (Å²) in [6.45, 7) is 11.7. The largest absolute Gasteiger partial charge is 0.457 e. The van der Waals surface area contributed by atoms with Crippen LogP contribution in [-0.2, 0) is 19.6 Å². The maximum atomic E-state index is 13.3. The second-order valence-electron chi connectivity index (χ2n) is 8.85. The van der Waals surface area contributed by atoms with Gasteiger partial charge in [-0.05, 0) is 75.6 Å². The normalized spacial score (nSPS) is 16.7. The van der Waals surface area contributed by atoms with Crippen LogP contribution in [0.1, 0.15) is 55.9 Å². The molecule has 5 nitrogen and oxygen atoms in total. The molecule has 1 atom stereocenters. The second-order valence-corrected chi connectivity index (χ2v) is 10.7. The number of sulfonamides is 1. The molecule has 3 rings (SSSR count). The Hall–Kier alpha value is -2.60. The zero-order valence-corrected chi connectivity index (χ0v) is 19.2. The van der Waals surface area contributed by atoms with E-state index in [0.717, 1.165) is 22.3 Å². The van der Waals surface area contributed by atoms with Gasteiger partial charge in [-0.2, -0.15) is 0 Å². The van der Waals surface area contributed by atoms with Gasteiger partial charge in [-0.15, -0.1) is 0 Å². The minimum atomic E-state index is -3.67. The van der Waals surface area contributed by atoms with Crippen molar-refractivity contribution in [1.82, 2.24) is 0 Å². The summed E-state index contributed by atoms with van der Waals surface area (Å²) < 4.78 is 33.4. The minimum Gasteiger partial charge on any atom is -0.457 e. The number of rotatable bonds is 4. The van der Waals surface area contributed by atoms with Gasteiger partial charge < -0.3 is 4.74 Å². The Balaban J connectivity index is 2.01. The number of hydrogen-bond donors (Lipinski definition) is 0. The SMILES string of the molecule is Cc1ccc(S(=O)(=O)N2C[C@H](C)c3c2ccc(C)c3/C=C/C(=O)OC(C)(C)C)cc1. The number of hydrogen-bond acceptors (Lipinski definition) is 4. The Morgan fingerprint density at radius 3 is 2.33 bits per heavy atom. The highest BCUT2D eigenvalue weighted by Crippen LogP contribution is 2.42. The fraction of sp³-hybridized carbons (Fsp3) is 0.375. The van der Waals surface area contributed by atoms with Crippen LogP contribution in [0.15, 0.2) is 47.4 Å². The summed E-state index contributed by atoms with van der Waals surface area (Å²) >= 11 is 0. The van der Waals surface area contributed by atoms with Gasteiger partial charge in [-0.25, -0.2) is 13.2 Å². The Labute approximate surface area is 179 Å². The first-order valence-corrected chi connectivity index (χ1v) is 11.5. The molecule has 1 aliphatic rings. The van der Waals surface area contributed by atoms with E-state index in [9.17, 15) is 13.2 Å². The Bertz CT molecular complexity index is 1090. The lowest BCUT2D eigenvalue weighted by molar-refractivity contribution is -0.148. The summed E-state index contributed by atoms with van der Waals surface area (Å²) in [6.07, 6.45) is 3.15. The molecule has 0 N–H and O–H groups in total. The molecule has 0 fully saturated rings. The molecule has 2 aromatic rings. The maximum Gasteiger partial charge on any atom is 0.331 e. The maximum absolute atomic E-state index is 13.3. The number of ether oxygens (including phenoxy) is 1. The number of carbonyl (C=O) groups is 1. The number of esters is 1. The molecule has 0 radical (unpaired) electrons. The van der Waals surface area contributed by atoms with Gasteiger partial charge in [0, 0.05) is 18.5 Å². The standard InChI is InChI=1S/C24H29NO4S/c1-16-7-10-19(11-8-16)30(27,28)25-15-18(3)23-20(17(2)9-13-21(23)25)12-14-22(26)29-24(4,5)6/h7-14,18H,15H2,1-6H3/b14-12+/t18-/m0/s1. The molecule has 0 amide bonds. The van der Waals surface area contributed by atoms with E-state index in [1.54, 1.807) is 30.3 Å². The highest BCUT2D eigenvalue weighted by atomic mass is 32.2. The lowest BCUT2D eigenvalue weighted by atomic mass is 9.93. The molecule has 0 aromatic heterocycles. The lowest BCUT2D eigenvalue weighted by Gasteiger charge is -2.20. The summed E-state index contributed by atoms with van der Waals surface area (Å²) in [4.78, 5) is 12.4. The highest BCUT2D eigenvalue weighted by Gasteiger charge is 2.36. The zero-order valence-electron chi connectivity index (χ0n) is 18.4. The third kappa shape index (κ3) is 4.43. The van der Waals surface area contributed by atoms with Gasteiger partial charge in [0.1, 0.15) is 5.60 Å². The van der Waals surface area contributed by atoms with E-state index in [-0.39, 0.29) is 10.8 Å². The highest BCUT2D eigenvalue weighted by molar-refractivity contribution is 7.92. The van der Waals surface area contributed by atoms with Crippen LogP contribution in [0, 0.1) is 13.8 Å². The van der Waals surface area contributed by atoms with E-state index in [1.165, 1.54) is 10.4 Å². The van der Waals surface area contributed by atoms with Crippen LogP contribution in [0.25, 0.3) is 6.08 Å². The van der Waals surface area contributed by atoms with Crippen molar-refractivity contribution in [1.29, 1.82) is 0 Å². The third-order valence-corrected chi connectivity index (χ3v) is 6.88. The molecular weight excluding hydrogens is 398 g/mol. The van der Waals surface area contributed by atoms with E-state index >= 15 is 0 Å². The molecule has 2 aromatic carbocycles. The minimum absolute atomic E-state index is 0.00147. The molecule has 0 unspecified atom stereocenters.